The fourth-order valence-electron chi connectivity index (χ4n) is 1.67. The largest absolute Gasteiger partial charge is 1.00 e. The van der Waals surface area contributed by atoms with Gasteiger partial charge in [0.2, 0.25) is 0 Å². The lowest BCUT2D eigenvalue weighted by Gasteiger charge is -1.95. The molecule has 0 unspecified atom stereocenters. The second kappa shape index (κ2) is 4.02. The van der Waals surface area contributed by atoms with Gasteiger partial charge in [0.15, 0.2) is 0 Å². The van der Waals surface area contributed by atoms with Crippen LogP contribution in [0.1, 0.15) is 0 Å². The van der Waals surface area contributed by atoms with Crippen LogP contribution in [-0.2, 0) is 0 Å². The van der Waals surface area contributed by atoms with E-state index in [2.05, 4.69) is 10.1 Å². The Morgan fingerprint density at radius 3 is 2.81 bits per heavy atom. The third kappa shape index (κ3) is 1.59. The lowest BCUT2D eigenvalue weighted by molar-refractivity contribution is -0.582. The first-order valence-corrected chi connectivity index (χ1v) is 4.66. The summed E-state index contributed by atoms with van der Waals surface area (Å²) in [5.41, 5.74) is 6.41. The van der Waals surface area contributed by atoms with E-state index in [1.54, 1.807) is 10.7 Å². The molecule has 1 aromatic carbocycles. The average molecular weight is 277 g/mol. The van der Waals surface area contributed by atoms with Crippen molar-refractivity contribution < 1.29 is 21.5 Å². The molecule has 0 aliphatic carbocycles. The lowest BCUT2D eigenvalue weighted by atomic mass is 10.2. The molecule has 3 rings (SSSR count). The molecule has 16 heavy (non-hydrogen) atoms. The van der Waals surface area contributed by atoms with Crippen LogP contribution in [0.5, 0.6) is 0 Å². The monoisotopic (exact) mass is 276 g/mol. The topological polar surface area (TPSA) is 55.9 Å². The van der Waals surface area contributed by atoms with E-state index in [4.69, 9.17) is 5.73 Å². The van der Waals surface area contributed by atoms with E-state index in [-0.39, 0.29) is 17.0 Å². The third-order valence-electron chi connectivity index (χ3n) is 2.36. The molecule has 2 heterocycles. The van der Waals surface area contributed by atoms with Gasteiger partial charge in [0.25, 0.3) is 5.82 Å². The van der Waals surface area contributed by atoms with Crippen LogP contribution < -0.4 is 27.2 Å². The molecule has 5 heteroatoms. The van der Waals surface area contributed by atoms with Crippen molar-refractivity contribution in [1.29, 1.82) is 0 Å². The zero-order valence-corrected chi connectivity index (χ0v) is 9.92. The van der Waals surface area contributed by atoms with Crippen LogP contribution in [0, 0.1) is 0 Å². The highest BCUT2D eigenvalue weighted by Gasteiger charge is 2.10. The van der Waals surface area contributed by atoms with Crippen molar-refractivity contribution in [3.05, 3.63) is 42.7 Å². The normalized spacial score (nSPS) is 10.2. The molecule has 0 aliphatic heterocycles. The quantitative estimate of drug-likeness (QED) is 0.380. The molecule has 0 atom stereocenters. The first-order chi connectivity index (χ1) is 7.34. The van der Waals surface area contributed by atoms with Crippen LogP contribution in [-0.4, -0.2) is 10.1 Å². The van der Waals surface area contributed by atoms with Gasteiger partial charge in [-0.1, -0.05) is 23.3 Å². The van der Waals surface area contributed by atoms with Gasteiger partial charge >= 0.3 is 5.65 Å². The van der Waals surface area contributed by atoms with E-state index >= 15 is 0 Å². The van der Waals surface area contributed by atoms with E-state index in [0.717, 1.165) is 16.4 Å². The molecular formula is C11H9BrN4. The van der Waals surface area contributed by atoms with Gasteiger partial charge in [-0.2, -0.15) is 0 Å². The van der Waals surface area contributed by atoms with E-state index in [0.29, 0.717) is 5.82 Å². The minimum atomic E-state index is 0. The Morgan fingerprint density at radius 2 is 1.94 bits per heavy atom. The highest BCUT2D eigenvalue weighted by atomic mass is 79.9. The Labute approximate surface area is 103 Å². The molecule has 0 spiro atoms. The molecule has 3 aromatic rings. The number of nitrogens with zero attached hydrogens (tertiary/aromatic N) is 3. The van der Waals surface area contributed by atoms with Crippen molar-refractivity contribution in [3.63, 3.8) is 0 Å². The van der Waals surface area contributed by atoms with Crippen LogP contribution in [0.4, 0.5) is 5.82 Å². The van der Waals surface area contributed by atoms with Crippen molar-refractivity contribution in [2.45, 2.75) is 0 Å². The van der Waals surface area contributed by atoms with Crippen LogP contribution in [0.25, 0.3) is 16.4 Å². The highest BCUT2D eigenvalue weighted by molar-refractivity contribution is 5.91. The molecule has 2 aromatic heterocycles. The Balaban J connectivity index is 0.000000963. The van der Waals surface area contributed by atoms with Crippen LogP contribution in [0.3, 0.4) is 0 Å². The predicted octanol–water partition coefficient (Wildman–Crippen LogP) is -2.05. The van der Waals surface area contributed by atoms with Gasteiger partial charge in [-0.15, -0.1) is 4.52 Å². The predicted molar refractivity (Wildman–Crippen MR) is 57.1 cm³/mol. The van der Waals surface area contributed by atoms with Crippen molar-refractivity contribution in [2.75, 3.05) is 5.73 Å². The number of pyridine rings is 1. The lowest BCUT2D eigenvalue weighted by Crippen LogP contribution is -3.00. The molecule has 0 fully saturated rings. The van der Waals surface area contributed by atoms with Crippen molar-refractivity contribution in [1.82, 2.24) is 10.1 Å². The number of fused-ring (bicyclic) bond motifs is 3. The zero-order valence-electron chi connectivity index (χ0n) is 8.34. The summed E-state index contributed by atoms with van der Waals surface area (Å²) in [7, 11) is 0. The number of benzene rings is 1. The van der Waals surface area contributed by atoms with Crippen LogP contribution >= 0.6 is 0 Å². The van der Waals surface area contributed by atoms with Crippen LogP contribution in [0.2, 0.25) is 0 Å². The standard InChI is InChI=1S/C11H8N4.BrH/c12-10-7-13-15-6-5-8-3-1-2-4-9(8)11(15)14-10;/h1-7,12H;1H. The third-order valence-corrected chi connectivity index (χ3v) is 2.36. The second-order valence-corrected chi connectivity index (χ2v) is 3.35. The van der Waals surface area contributed by atoms with Crippen molar-refractivity contribution in [2.24, 2.45) is 0 Å². The minimum absolute atomic E-state index is 0. The maximum absolute atomic E-state index is 5.63. The van der Waals surface area contributed by atoms with E-state index in [1.807, 2.05) is 36.5 Å². The number of rotatable bonds is 0. The first-order valence-electron chi connectivity index (χ1n) is 4.66. The summed E-state index contributed by atoms with van der Waals surface area (Å²) in [5, 5.41) is 6.35. The Bertz CT molecular complexity index is 654. The van der Waals surface area contributed by atoms with Gasteiger partial charge < -0.3 is 22.7 Å². The number of anilines is 1. The van der Waals surface area contributed by atoms with E-state index < -0.39 is 0 Å². The smallest absolute Gasteiger partial charge is 0.358 e. The molecule has 0 amide bonds. The fraction of sp³-hybridized carbons (Fsp3) is 0. The zero-order chi connectivity index (χ0) is 10.3. The maximum atomic E-state index is 5.63. The van der Waals surface area contributed by atoms with Gasteiger partial charge in [-0.05, 0) is 22.5 Å². The average Bonchev–Trinajstić information content (AvgIpc) is 2.29. The molecule has 2 N–H and O–H groups in total. The van der Waals surface area contributed by atoms with E-state index in [1.165, 1.54) is 0 Å². The van der Waals surface area contributed by atoms with Crippen LogP contribution in [0.15, 0.2) is 42.7 Å². The Kier molecular flexibility index (Phi) is 2.70. The highest BCUT2D eigenvalue weighted by Crippen LogP contribution is 2.14. The number of hydrogen-bond acceptors (Lipinski definition) is 3. The molecule has 0 bridgehead atoms. The summed E-state index contributed by atoms with van der Waals surface area (Å²) in [6.45, 7) is 0. The fourth-order valence-corrected chi connectivity index (χ4v) is 1.67. The molecule has 0 saturated heterocycles. The van der Waals surface area contributed by atoms with Crippen molar-refractivity contribution in [3.8, 4) is 0 Å². The SMILES string of the molecule is Nc1cn[n+]2ccc3ccccc3c2n1.[Br-]. The summed E-state index contributed by atoms with van der Waals surface area (Å²) >= 11 is 0. The Morgan fingerprint density at radius 1 is 1.12 bits per heavy atom. The summed E-state index contributed by atoms with van der Waals surface area (Å²) in [6.07, 6.45) is 3.42. The number of hydrogen-bond donors (Lipinski definition) is 1. The Hall–Kier alpha value is -1.75. The van der Waals surface area contributed by atoms with E-state index in [9.17, 15) is 0 Å². The molecule has 0 saturated carbocycles. The molecular weight excluding hydrogens is 268 g/mol. The molecule has 0 radical (unpaired) electrons. The van der Waals surface area contributed by atoms with Gasteiger partial charge in [-0.3, -0.25) is 0 Å². The number of nitrogen functional groups attached to an aromatic ring is 1. The van der Waals surface area contributed by atoms with Crippen molar-refractivity contribution >= 4 is 22.2 Å². The number of halogens is 1. The number of aromatic nitrogens is 3. The molecule has 4 nitrogen and oxygen atoms in total. The second-order valence-electron chi connectivity index (χ2n) is 3.35. The van der Waals surface area contributed by atoms with Gasteiger partial charge in [0, 0.05) is 0 Å². The maximum Gasteiger partial charge on any atom is 0.358 e. The summed E-state index contributed by atoms with van der Waals surface area (Å²) in [4.78, 5) is 4.28. The molecule has 80 valence electrons. The number of nitrogens with two attached hydrogens (primary N) is 1. The van der Waals surface area contributed by atoms with Gasteiger partial charge in [0.05, 0.1) is 5.39 Å². The first kappa shape index (κ1) is 10.8. The summed E-state index contributed by atoms with van der Waals surface area (Å²) in [5.74, 6) is 0.436. The molecule has 0 aliphatic rings. The summed E-state index contributed by atoms with van der Waals surface area (Å²) in [6, 6.07) is 10.0. The minimum Gasteiger partial charge on any atom is -1.00 e. The van der Waals surface area contributed by atoms with Gasteiger partial charge in [0.1, 0.15) is 12.4 Å². The van der Waals surface area contributed by atoms with Gasteiger partial charge in [-0.25, -0.2) is 0 Å². The summed E-state index contributed by atoms with van der Waals surface area (Å²) < 4.78 is 1.72.